The van der Waals surface area contributed by atoms with Crippen LogP contribution in [0.3, 0.4) is 0 Å². The summed E-state index contributed by atoms with van der Waals surface area (Å²) in [4.78, 5) is 23.8. The Kier molecular flexibility index (Phi) is 5.21. The zero-order chi connectivity index (χ0) is 17.2. The van der Waals surface area contributed by atoms with E-state index < -0.39 is 28.1 Å². The van der Waals surface area contributed by atoms with Crippen molar-refractivity contribution in [2.75, 3.05) is 6.61 Å². The molecule has 0 amide bonds. The van der Waals surface area contributed by atoms with E-state index in [2.05, 4.69) is 0 Å². The van der Waals surface area contributed by atoms with E-state index >= 15 is 0 Å². The van der Waals surface area contributed by atoms with Crippen molar-refractivity contribution in [1.82, 2.24) is 4.31 Å². The van der Waals surface area contributed by atoms with Gasteiger partial charge >= 0.3 is 5.97 Å². The van der Waals surface area contributed by atoms with Gasteiger partial charge in [-0.1, -0.05) is 17.7 Å². The van der Waals surface area contributed by atoms with Gasteiger partial charge < -0.3 is 4.74 Å². The van der Waals surface area contributed by atoms with Crippen molar-refractivity contribution in [3.8, 4) is 0 Å². The molecule has 2 rings (SSSR count). The highest BCUT2D eigenvalue weighted by molar-refractivity contribution is 7.89. The lowest BCUT2D eigenvalue weighted by molar-refractivity contribution is -0.144. The average molecular weight is 339 g/mol. The van der Waals surface area contributed by atoms with Crippen molar-refractivity contribution >= 4 is 21.8 Å². The van der Waals surface area contributed by atoms with Crippen LogP contribution in [0, 0.1) is 6.92 Å². The fourth-order valence-corrected chi connectivity index (χ4v) is 4.56. The molecule has 2 atom stereocenters. The lowest BCUT2D eigenvalue weighted by Gasteiger charge is -2.26. The van der Waals surface area contributed by atoms with Crippen LogP contribution in [-0.4, -0.2) is 43.2 Å². The van der Waals surface area contributed by atoms with E-state index in [4.69, 9.17) is 4.74 Å². The number of Topliss-reactive ketones (excluding diaryl/α,β-unsaturated/α-hetero) is 1. The number of hydrogen-bond acceptors (Lipinski definition) is 5. The Morgan fingerprint density at radius 1 is 1.30 bits per heavy atom. The standard InChI is InChI=1S/C16H21NO5S/c1-4-22-16(19)10-13-9-15(18)12(3)17(13)23(20,21)14-7-5-11(2)6-8-14/h5-8,12-13H,4,9-10H2,1-3H3/t12-,13-/m0/s1. The van der Waals surface area contributed by atoms with Gasteiger partial charge in [-0.15, -0.1) is 0 Å². The number of rotatable bonds is 5. The van der Waals surface area contributed by atoms with Crippen LogP contribution in [0.4, 0.5) is 0 Å². The van der Waals surface area contributed by atoms with Gasteiger partial charge in [0.25, 0.3) is 0 Å². The van der Waals surface area contributed by atoms with Crippen LogP contribution >= 0.6 is 0 Å². The smallest absolute Gasteiger partial charge is 0.307 e. The molecule has 6 nitrogen and oxygen atoms in total. The van der Waals surface area contributed by atoms with E-state index in [-0.39, 0.29) is 30.1 Å². The SMILES string of the molecule is CCOC(=O)C[C@@H]1CC(=O)[C@H](C)N1S(=O)(=O)c1ccc(C)cc1. The van der Waals surface area contributed by atoms with Crippen molar-refractivity contribution in [1.29, 1.82) is 0 Å². The molecule has 23 heavy (non-hydrogen) atoms. The highest BCUT2D eigenvalue weighted by Crippen LogP contribution is 2.31. The summed E-state index contributed by atoms with van der Waals surface area (Å²) in [5, 5.41) is 0. The minimum atomic E-state index is -3.84. The Balaban J connectivity index is 2.33. The van der Waals surface area contributed by atoms with Gasteiger partial charge in [-0.05, 0) is 32.9 Å². The molecule has 0 radical (unpaired) electrons. The summed E-state index contributed by atoms with van der Waals surface area (Å²) < 4.78 is 31.8. The first-order valence-corrected chi connectivity index (χ1v) is 9.00. The monoisotopic (exact) mass is 339 g/mol. The molecule has 126 valence electrons. The number of aryl methyl sites for hydroxylation is 1. The number of ether oxygens (including phenoxy) is 1. The average Bonchev–Trinajstić information content (AvgIpc) is 2.74. The minimum absolute atomic E-state index is 0.0328. The molecule has 1 aliphatic rings. The van der Waals surface area contributed by atoms with E-state index in [1.54, 1.807) is 26.0 Å². The molecule has 1 heterocycles. The summed E-state index contributed by atoms with van der Waals surface area (Å²) in [5.74, 6) is -0.682. The summed E-state index contributed by atoms with van der Waals surface area (Å²) in [7, 11) is -3.84. The van der Waals surface area contributed by atoms with Crippen LogP contribution < -0.4 is 0 Å². The molecule has 0 bridgehead atoms. The molecule has 0 unspecified atom stereocenters. The number of sulfonamides is 1. The number of esters is 1. The van der Waals surface area contributed by atoms with Crippen molar-refractivity contribution < 1.29 is 22.7 Å². The molecular formula is C16H21NO5S. The van der Waals surface area contributed by atoms with Crippen LogP contribution in [-0.2, 0) is 24.3 Å². The Morgan fingerprint density at radius 2 is 1.91 bits per heavy atom. The van der Waals surface area contributed by atoms with Gasteiger partial charge in [0.1, 0.15) is 0 Å². The zero-order valence-electron chi connectivity index (χ0n) is 13.5. The van der Waals surface area contributed by atoms with E-state index in [1.807, 2.05) is 6.92 Å². The first kappa shape index (κ1) is 17.6. The van der Waals surface area contributed by atoms with E-state index in [1.165, 1.54) is 12.1 Å². The van der Waals surface area contributed by atoms with E-state index in [0.717, 1.165) is 9.87 Å². The lowest BCUT2D eigenvalue weighted by atomic mass is 10.1. The summed E-state index contributed by atoms with van der Waals surface area (Å²) >= 11 is 0. The van der Waals surface area contributed by atoms with Crippen LogP contribution in [0.5, 0.6) is 0 Å². The molecule has 1 aromatic carbocycles. The fraction of sp³-hybridized carbons (Fsp3) is 0.500. The van der Waals surface area contributed by atoms with Crippen LogP contribution in [0.2, 0.25) is 0 Å². The molecule has 0 saturated carbocycles. The van der Waals surface area contributed by atoms with Crippen molar-refractivity contribution in [2.24, 2.45) is 0 Å². The minimum Gasteiger partial charge on any atom is -0.466 e. The maximum Gasteiger partial charge on any atom is 0.307 e. The van der Waals surface area contributed by atoms with E-state index in [0.29, 0.717) is 0 Å². The number of hydrogen-bond donors (Lipinski definition) is 0. The highest BCUT2D eigenvalue weighted by atomic mass is 32.2. The maximum absolute atomic E-state index is 12.9. The maximum atomic E-state index is 12.9. The first-order valence-electron chi connectivity index (χ1n) is 7.56. The summed E-state index contributed by atoms with van der Waals surface area (Å²) in [5.41, 5.74) is 0.942. The number of ketones is 1. The Labute approximate surface area is 136 Å². The first-order chi connectivity index (χ1) is 10.8. The number of benzene rings is 1. The summed E-state index contributed by atoms with van der Waals surface area (Å²) in [6, 6.07) is 4.97. The zero-order valence-corrected chi connectivity index (χ0v) is 14.3. The van der Waals surface area contributed by atoms with Gasteiger partial charge in [0, 0.05) is 12.5 Å². The molecule has 1 saturated heterocycles. The van der Waals surface area contributed by atoms with Gasteiger partial charge in [0.2, 0.25) is 10.0 Å². The van der Waals surface area contributed by atoms with Crippen molar-refractivity contribution in [2.45, 2.75) is 50.6 Å². The molecule has 0 N–H and O–H groups in total. The Morgan fingerprint density at radius 3 is 2.48 bits per heavy atom. The van der Waals surface area contributed by atoms with Crippen LogP contribution in [0.15, 0.2) is 29.2 Å². The van der Waals surface area contributed by atoms with Gasteiger partial charge in [-0.3, -0.25) is 9.59 Å². The van der Waals surface area contributed by atoms with Crippen molar-refractivity contribution in [3.63, 3.8) is 0 Å². The number of nitrogens with zero attached hydrogens (tertiary/aromatic N) is 1. The third-order valence-electron chi connectivity index (χ3n) is 3.95. The molecule has 1 aromatic rings. The lowest BCUT2D eigenvalue weighted by Crippen LogP contribution is -2.42. The topological polar surface area (TPSA) is 80.8 Å². The summed E-state index contributed by atoms with van der Waals surface area (Å²) in [6.07, 6.45) is -0.0833. The third-order valence-corrected chi connectivity index (χ3v) is 5.99. The van der Waals surface area contributed by atoms with Gasteiger partial charge in [0.15, 0.2) is 5.78 Å². The molecule has 0 spiro atoms. The Bertz CT molecular complexity index is 696. The van der Waals surface area contributed by atoms with E-state index in [9.17, 15) is 18.0 Å². The molecule has 7 heteroatoms. The second kappa shape index (κ2) is 6.80. The largest absolute Gasteiger partial charge is 0.466 e. The molecule has 0 aliphatic carbocycles. The number of carbonyl (C=O) groups is 2. The molecule has 1 aliphatic heterocycles. The van der Waals surface area contributed by atoms with Gasteiger partial charge in [-0.25, -0.2) is 8.42 Å². The molecular weight excluding hydrogens is 318 g/mol. The van der Waals surface area contributed by atoms with Crippen molar-refractivity contribution in [3.05, 3.63) is 29.8 Å². The predicted molar refractivity (Wildman–Crippen MR) is 84.3 cm³/mol. The second-order valence-corrected chi connectivity index (χ2v) is 7.50. The normalized spacial score (nSPS) is 22.3. The quantitative estimate of drug-likeness (QED) is 0.762. The van der Waals surface area contributed by atoms with Crippen LogP contribution in [0.25, 0.3) is 0 Å². The van der Waals surface area contributed by atoms with Gasteiger partial charge in [0.05, 0.1) is 24.0 Å². The Hall–Kier alpha value is -1.73. The molecule has 0 aromatic heterocycles. The molecule has 1 fully saturated rings. The number of carbonyl (C=O) groups excluding carboxylic acids is 2. The fourth-order valence-electron chi connectivity index (χ4n) is 2.76. The second-order valence-electron chi connectivity index (χ2n) is 5.66. The third kappa shape index (κ3) is 3.61. The highest BCUT2D eigenvalue weighted by Gasteiger charge is 2.45. The predicted octanol–water partition coefficient (Wildman–Crippen LogP) is 1.67. The van der Waals surface area contributed by atoms with Crippen LogP contribution in [0.1, 0.15) is 32.3 Å². The summed E-state index contributed by atoms with van der Waals surface area (Å²) in [6.45, 7) is 5.32. The van der Waals surface area contributed by atoms with Gasteiger partial charge in [-0.2, -0.15) is 4.31 Å².